The third-order valence-corrected chi connectivity index (χ3v) is 1.58. The van der Waals surface area contributed by atoms with E-state index < -0.39 is 0 Å². The molecule has 10 heavy (non-hydrogen) atoms. The van der Waals surface area contributed by atoms with Crippen molar-refractivity contribution in [1.82, 2.24) is 0 Å². The molecule has 0 bridgehead atoms. The Balaban J connectivity index is 4.10. The monoisotopic (exact) mass is 138 g/mol. The van der Waals surface area contributed by atoms with Crippen LogP contribution in [0, 0.1) is 0 Å². The van der Waals surface area contributed by atoms with E-state index in [1.54, 1.807) is 0 Å². The highest BCUT2D eigenvalue weighted by molar-refractivity contribution is 5.04. The van der Waals surface area contributed by atoms with E-state index in [0.29, 0.717) is 0 Å². The van der Waals surface area contributed by atoms with Gasteiger partial charge in [0.2, 0.25) is 0 Å². The van der Waals surface area contributed by atoms with Gasteiger partial charge in [0.1, 0.15) is 0 Å². The summed E-state index contributed by atoms with van der Waals surface area (Å²) in [5.41, 5.74) is 6.12. The first kappa shape index (κ1) is 9.52. The summed E-state index contributed by atoms with van der Waals surface area (Å²) >= 11 is 0. The Morgan fingerprint density at radius 1 is 1.10 bits per heavy atom. The van der Waals surface area contributed by atoms with Crippen molar-refractivity contribution in [1.29, 1.82) is 0 Å². The minimum absolute atomic E-state index is 1.13. The SMILES string of the molecule is CCCC(C)=C=C(C)CC. The number of hydrogen-bond donors (Lipinski definition) is 0. The van der Waals surface area contributed by atoms with Crippen molar-refractivity contribution in [2.45, 2.75) is 47.0 Å². The molecule has 0 aliphatic carbocycles. The average Bonchev–Trinajstić information content (AvgIpc) is 1.88. The highest BCUT2D eigenvalue weighted by Gasteiger charge is 1.84. The van der Waals surface area contributed by atoms with Crippen LogP contribution in [0.15, 0.2) is 16.9 Å². The van der Waals surface area contributed by atoms with Crippen molar-refractivity contribution in [2.75, 3.05) is 0 Å². The molecule has 0 saturated heterocycles. The molecule has 0 rings (SSSR count). The van der Waals surface area contributed by atoms with Gasteiger partial charge in [-0.2, -0.15) is 0 Å². The van der Waals surface area contributed by atoms with Crippen LogP contribution in [-0.4, -0.2) is 0 Å². The third-order valence-electron chi connectivity index (χ3n) is 1.58. The van der Waals surface area contributed by atoms with Gasteiger partial charge >= 0.3 is 0 Å². The largest absolute Gasteiger partial charge is 0.123 e. The Kier molecular flexibility index (Phi) is 5.06. The van der Waals surface area contributed by atoms with Crippen molar-refractivity contribution in [3.05, 3.63) is 16.9 Å². The first-order chi connectivity index (χ1) is 4.70. The average molecular weight is 138 g/mol. The van der Waals surface area contributed by atoms with E-state index in [1.807, 2.05) is 0 Å². The lowest BCUT2D eigenvalue weighted by Crippen LogP contribution is -1.73. The first-order valence-corrected chi connectivity index (χ1v) is 4.12. The Hall–Kier alpha value is -0.480. The van der Waals surface area contributed by atoms with Crippen molar-refractivity contribution >= 4 is 0 Å². The van der Waals surface area contributed by atoms with Crippen LogP contribution >= 0.6 is 0 Å². The van der Waals surface area contributed by atoms with Gasteiger partial charge in [-0.1, -0.05) is 20.3 Å². The summed E-state index contributed by atoms with van der Waals surface area (Å²) in [6, 6.07) is 0. The summed E-state index contributed by atoms with van der Waals surface area (Å²) in [6.45, 7) is 8.66. The van der Waals surface area contributed by atoms with E-state index >= 15 is 0 Å². The Morgan fingerprint density at radius 2 is 1.70 bits per heavy atom. The molecule has 0 unspecified atom stereocenters. The molecule has 0 aliphatic heterocycles. The topological polar surface area (TPSA) is 0 Å². The van der Waals surface area contributed by atoms with Gasteiger partial charge in [0.15, 0.2) is 0 Å². The zero-order valence-corrected chi connectivity index (χ0v) is 7.62. The Morgan fingerprint density at radius 3 is 2.10 bits per heavy atom. The predicted molar refractivity (Wildman–Crippen MR) is 47.1 cm³/mol. The molecule has 0 amide bonds. The summed E-state index contributed by atoms with van der Waals surface area (Å²) in [6.07, 6.45) is 3.55. The lowest BCUT2D eigenvalue weighted by atomic mass is 10.1. The van der Waals surface area contributed by atoms with Crippen LogP contribution < -0.4 is 0 Å². The van der Waals surface area contributed by atoms with Crippen LogP contribution in [0.4, 0.5) is 0 Å². The summed E-state index contributed by atoms with van der Waals surface area (Å²) in [5, 5.41) is 0. The Bertz CT molecular complexity index is 145. The van der Waals surface area contributed by atoms with Crippen molar-refractivity contribution in [3.8, 4) is 0 Å². The maximum atomic E-state index is 3.36. The van der Waals surface area contributed by atoms with Crippen molar-refractivity contribution < 1.29 is 0 Å². The van der Waals surface area contributed by atoms with Crippen molar-refractivity contribution in [3.63, 3.8) is 0 Å². The fraction of sp³-hybridized carbons (Fsp3) is 0.700. The highest BCUT2D eigenvalue weighted by Crippen LogP contribution is 2.04. The van der Waals surface area contributed by atoms with Gasteiger partial charge in [-0.15, -0.1) is 5.73 Å². The van der Waals surface area contributed by atoms with Crippen molar-refractivity contribution in [2.24, 2.45) is 0 Å². The van der Waals surface area contributed by atoms with Gasteiger partial charge in [0, 0.05) is 0 Å². The summed E-state index contributed by atoms with van der Waals surface area (Å²) in [7, 11) is 0. The normalized spacial score (nSPS) is 8.80. The van der Waals surface area contributed by atoms with Gasteiger partial charge in [-0.25, -0.2) is 0 Å². The summed E-state index contributed by atoms with van der Waals surface area (Å²) < 4.78 is 0. The fourth-order valence-corrected chi connectivity index (χ4v) is 0.890. The molecule has 0 nitrogen and oxygen atoms in total. The molecule has 0 aliphatic rings. The molecule has 0 spiro atoms. The fourth-order valence-electron chi connectivity index (χ4n) is 0.890. The molecular weight excluding hydrogens is 120 g/mol. The van der Waals surface area contributed by atoms with Crippen LogP contribution in [0.25, 0.3) is 0 Å². The zero-order valence-electron chi connectivity index (χ0n) is 7.62. The molecule has 0 heteroatoms. The minimum Gasteiger partial charge on any atom is -0.123 e. The maximum Gasteiger partial charge on any atom is -0.0249 e. The molecule has 0 heterocycles. The molecule has 0 aromatic carbocycles. The molecule has 0 radical (unpaired) electrons. The molecular formula is C10H18. The van der Waals surface area contributed by atoms with E-state index in [-0.39, 0.29) is 0 Å². The number of allylic oxidation sites excluding steroid dienone is 1. The van der Waals surface area contributed by atoms with Crippen LogP contribution in [-0.2, 0) is 0 Å². The number of hydrogen-bond acceptors (Lipinski definition) is 0. The summed E-state index contributed by atoms with van der Waals surface area (Å²) in [4.78, 5) is 0. The molecule has 0 aromatic heterocycles. The van der Waals surface area contributed by atoms with Gasteiger partial charge in [-0.3, -0.25) is 0 Å². The smallest absolute Gasteiger partial charge is 0.0249 e. The molecule has 0 aromatic rings. The zero-order chi connectivity index (χ0) is 7.98. The molecule has 0 N–H and O–H groups in total. The summed E-state index contributed by atoms with van der Waals surface area (Å²) in [5.74, 6) is 0. The molecule has 58 valence electrons. The Labute approximate surface area is 64.6 Å². The van der Waals surface area contributed by atoms with E-state index in [0.717, 1.165) is 6.42 Å². The van der Waals surface area contributed by atoms with Gasteiger partial charge in [0.25, 0.3) is 0 Å². The van der Waals surface area contributed by atoms with E-state index in [1.165, 1.54) is 24.0 Å². The van der Waals surface area contributed by atoms with Gasteiger partial charge in [0.05, 0.1) is 0 Å². The number of rotatable bonds is 3. The standard InChI is InChI=1S/C10H18/c1-5-7-10(4)8-9(3)6-2/h5-7H2,1-4H3. The minimum atomic E-state index is 1.13. The van der Waals surface area contributed by atoms with Crippen LogP contribution in [0.2, 0.25) is 0 Å². The van der Waals surface area contributed by atoms with Crippen LogP contribution in [0.3, 0.4) is 0 Å². The van der Waals surface area contributed by atoms with E-state index in [2.05, 4.69) is 33.4 Å². The van der Waals surface area contributed by atoms with Crippen LogP contribution in [0.5, 0.6) is 0 Å². The maximum absolute atomic E-state index is 3.36. The van der Waals surface area contributed by atoms with E-state index in [4.69, 9.17) is 0 Å². The highest BCUT2D eigenvalue weighted by atomic mass is 13.9. The van der Waals surface area contributed by atoms with Gasteiger partial charge in [-0.05, 0) is 37.8 Å². The quantitative estimate of drug-likeness (QED) is 0.522. The second-order valence-corrected chi connectivity index (χ2v) is 2.79. The second-order valence-electron chi connectivity index (χ2n) is 2.79. The lowest BCUT2D eigenvalue weighted by Gasteiger charge is -1.92. The first-order valence-electron chi connectivity index (χ1n) is 4.12. The molecule has 0 saturated carbocycles. The lowest BCUT2D eigenvalue weighted by molar-refractivity contribution is 0.904. The van der Waals surface area contributed by atoms with Crippen LogP contribution in [0.1, 0.15) is 47.0 Å². The third kappa shape index (κ3) is 4.40. The molecule has 0 atom stereocenters. The molecule has 0 fully saturated rings. The second kappa shape index (κ2) is 5.32. The van der Waals surface area contributed by atoms with E-state index in [9.17, 15) is 0 Å². The predicted octanol–water partition coefficient (Wildman–Crippen LogP) is 3.69. The van der Waals surface area contributed by atoms with Gasteiger partial charge < -0.3 is 0 Å².